The SMILES string of the molecule is O=C(C1CCC1)N1CCC2(CC1)CN(C1CCN(c3ccccc3)C1)CCO2. The number of anilines is 1. The highest BCUT2D eigenvalue weighted by molar-refractivity contribution is 5.79. The summed E-state index contributed by atoms with van der Waals surface area (Å²) in [5.41, 5.74) is 1.31. The molecular weight excluding hydrogens is 350 g/mol. The lowest BCUT2D eigenvalue weighted by atomic mass is 9.82. The van der Waals surface area contributed by atoms with Crippen molar-refractivity contribution in [2.75, 3.05) is 50.8 Å². The average Bonchev–Trinajstić information content (AvgIpc) is 3.18. The van der Waals surface area contributed by atoms with Gasteiger partial charge in [-0.2, -0.15) is 0 Å². The first-order valence-corrected chi connectivity index (χ1v) is 11.2. The molecule has 1 aromatic carbocycles. The second kappa shape index (κ2) is 7.68. The lowest BCUT2D eigenvalue weighted by Gasteiger charge is -2.49. The third-order valence-corrected chi connectivity index (χ3v) is 7.52. The van der Waals surface area contributed by atoms with Crippen molar-refractivity contribution in [3.63, 3.8) is 0 Å². The van der Waals surface area contributed by atoms with E-state index in [0.717, 1.165) is 71.6 Å². The molecule has 1 aromatic rings. The molecule has 0 N–H and O–H groups in total. The molecule has 4 fully saturated rings. The van der Waals surface area contributed by atoms with E-state index < -0.39 is 0 Å². The average molecular weight is 384 g/mol. The van der Waals surface area contributed by atoms with Crippen LogP contribution in [-0.2, 0) is 9.53 Å². The molecule has 1 spiro atoms. The van der Waals surface area contributed by atoms with Crippen LogP contribution in [0.2, 0.25) is 0 Å². The second-order valence-electron chi connectivity index (χ2n) is 9.18. The molecule has 5 heteroatoms. The zero-order chi connectivity index (χ0) is 19.0. The molecule has 152 valence electrons. The van der Waals surface area contributed by atoms with Crippen molar-refractivity contribution in [2.45, 2.75) is 50.2 Å². The number of morpholine rings is 1. The maximum atomic E-state index is 12.6. The fourth-order valence-electron chi connectivity index (χ4n) is 5.45. The van der Waals surface area contributed by atoms with Gasteiger partial charge in [-0.05, 0) is 44.2 Å². The van der Waals surface area contributed by atoms with Crippen LogP contribution in [0, 0.1) is 5.92 Å². The molecule has 0 radical (unpaired) electrons. The van der Waals surface area contributed by atoms with Crippen LogP contribution in [-0.4, -0.2) is 73.2 Å². The predicted molar refractivity (Wildman–Crippen MR) is 110 cm³/mol. The van der Waals surface area contributed by atoms with E-state index in [0.29, 0.717) is 17.9 Å². The summed E-state index contributed by atoms with van der Waals surface area (Å²) in [5.74, 6) is 0.725. The maximum absolute atomic E-state index is 12.6. The minimum atomic E-state index is -0.0329. The minimum Gasteiger partial charge on any atom is -0.372 e. The van der Waals surface area contributed by atoms with Gasteiger partial charge in [0.05, 0.1) is 12.2 Å². The first kappa shape index (κ1) is 18.4. The highest BCUT2D eigenvalue weighted by atomic mass is 16.5. The molecule has 4 aliphatic rings. The van der Waals surface area contributed by atoms with Crippen molar-refractivity contribution in [1.29, 1.82) is 0 Å². The zero-order valence-corrected chi connectivity index (χ0v) is 16.9. The molecule has 3 heterocycles. The van der Waals surface area contributed by atoms with E-state index in [1.807, 2.05) is 0 Å². The Balaban J connectivity index is 1.17. The van der Waals surface area contributed by atoms with E-state index in [9.17, 15) is 4.79 Å². The van der Waals surface area contributed by atoms with Gasteiger partial charge in [-0.25, -0.2) is 0 Å². The molecule has 0 bridgehead atoms. The number of para-hydroxylation sites is 1. The Hall–Kier alpha value is -1.59. The van der Waals surface area contributed by atoms with Gasteiger partial charge in [-0.3, -0.25) is 9.69 Å². The summed E-state index contributed by atoms with van der Waals surface area (Å²) in [6, 6.07) is 11.4. The van der Waals surface area contributed by atoms with Gasteiger partial charge in [0.2, 0.25) is 5.91 Å². The molecule has 0 aromatic heterocycles. The molecule has 1 saturated carbocycles. The van der Waals surface area contributed by atoms with E-state index in [1.165, 1.54) is 18.5 Å². The summed E-state index contributed by atoms with van der Waals surface area (Å²) in [7, 11) is 0. The molecule has 3 saturated heterocycles. The van der Waals surface area contributed by atoms with E-state index in [1.54, 1.807) is 0 Å². The van der Waals surface area contributed by atoms with Gasteiger partial charge in [0.1, 0.15) is 0 Å². The highest BCUT2D eigenvalue weighted by Crippen LogP contribution is 2.35. The number of likely N-dealkylation sites (tertiary alicyclic amines) is 1. The fourth-order valence-corrected chi connectivity index (χ4v) is 5.45. The highest BCUT2D eigenvalue weighted by Gasteiger charge is 2.44. The van der Waals surface area contributed by atoms with Crippen molar-refractivity contribution in [3.8, 4) is 0 Å². The topological polar surface area (TPSA) is 36.0 Å². The van der Waals surface area contributed by atoms with E-state index in [2.05, 4.69) is 45.0 Å². The van der Waals surface area contributed by atoms with Gasteiger partial charge in [0.25, 0.3) is 0 Å². The summed E-state index contributed by atoms with van der Waals surface area (Å²) >= 11 is 0. The van der Waals surface area contributed by atoms with Gasteiger partial charge < -0.3 is 14.5 Å². The van der Waals surface area contributed by atoms with Gasteiger partial charge in [-0.15, -0.1) is 0 Å². The second-order valence-corrected chi connectivity index (χ2v) is 9.18. The van der Waals surface area contributed by atoms with E-state index >= 15 is 0 Å². The van der Waals surface area contributed by atoms with Crippen LogP contribution in [0.25, 0.3) is 0 Å². The fraction of sp³-hybridized carbons (Fsp3) is 0.696. The first-order valence-electron chi connectivity index (χ1n) is 11.2. The molecular formula is C23H33N3O2. The van der Waals surface area contributed by atoms with Crippen molar-refractivity contribution >= 4 is 11.6 Å². The summed E-state index contributed by atoms with van der Waals surface area (Å²) < 4.78 is 6.34. The van der Waals surface area contributed by atoms with Crippen LogP contribution in [0.4, 0.5) is 5.69 Å². The Bertz CT molecular complexity index is 682. The summed E-state index contributed by atoms with van der Waals surface area (Å²) in [5, 5.41) is 0. The van der Waals surface area contributed by atoms with Gasteiger partial charge in [0.15, 0.2) is 0 Å². The standard InChI is InChI=1S/C23H33N3O2/c27-22(19-5-4-6-19)24-13-10-23(11-14-24)18-26(15-16-28-23)21-9-12-25(17-21)20-7-2-1-3-8-20/h1-3,7-8,19,21H,4-6,9-18H2. The number of ether oxygens (including phenoxy) is 1. The lowest BCUT2D eigenvalue weighted by molar-refractivity contribution is -0.157. The Morgan fingerprint density at radius 2 is 1.79 bits per heavy atom. The third kappa shape index (κ3) is 3.55. The van der Waals surface area contributed by atoms with Crippen LogP contribution < -0.4 is 4.90 Å². The summed E-state index contributed by atoms with van der Waals surface area (Å²) in [4.78, 5) is 19.9. The van der Waals surface area contributed by atoms with Crippen LogP contribution in [0.15, 0.2) is 30.3 Å². The maximum Gasteiger partial charge on any atom is 0.225 e. The van der Waals surface area contributed by atoms with E-state index in [-0.39, 0.29) is 5.60 Å². The van der Waals surface area contributed by atoms with Crippen LogP contribution in [0.1, 0.15) is 38.5 Å². The van der Waals surface area contributed by atoms with Crippen molar-refractivity contribution in [2.24, 2.45) is 5.92 Å². The number of rotatable bonds is 3. The normalized spacial score (nSPS) is 28.5. The Labute approximate surface area is 168 Å². The number of benzene rings is 1. The largest absolute Gasteiger partial charge is 0.372 e. The van der Waals surface area contributed by atoms with Crippen LogP contribution in [0.3, 0.4) is 0 Å². The summed E-state index contributed by atoms with van der Waals surface area (Å²) in [6.07, 6.45) is 6.66. The molecule has 1 atom stereocenters. The first-order chi connectivity index (χ1) is 13.7. The summed E-state index contributed by atoms with van der Waals surface area (Å²) in [6.45, 7) is 6.92. The molecule has 1 amide bonds. The molecule has 5 rings (SSSR count). The van der Waals surface area contributed by atoms with Crippen LogP contribution >= 0.6 is 0 Å². The number of nitrogens with zero attached hydrogens (tertiary/aromatic N) is 3. The Morgan fingerprint density at radius 3 is 2.50 bits per heavy atom. The van der Waals surface area contributed by atoms with Gasteiger partial charge in [-0.1, -0.05) is 24.6 Å². The zero-order valence-electron chi connectivity index (χ0n) is 16.9. The van der Waals surface area contributed by atoms with Gasteiger partial charge >= 0.3 is 0 Å². The smallest absolute Gasteiger partial charge is 0.225 e. The Kier molecular flexibility index (Phi) is 5.06. The predicted octanol–water partition coefficient (Wildman–Crippen LogP) is 2.76. The van der Waals surface area contributed by atoms with Gasteiger partial charge in [0, 0.05) is 56.9 Å². The number of carbonyl (C=O) groups is 1. The number of hydrogen-bond donors (Lipinski definition) is 0. The number of amides is 1. The lowest BCUT2D eigenvalue weighted by Crippen LogP contribution is -2.60. The number of hydrogen-bond acceptors (Lipinski definition) is 4. The number of carbonyl (C=O) groups excluding carboxylic acids is 1. The molecule has 28 heavy (non-hydrogen) atoms. The Morgan fingerprint density at radius 1 is 1.00 bits per heavy atom. The van der Waals surface area contributed by atoms with Crippen molar-refractivity contribution in [3.05, 3.63) is 30.3 Å². The van der Waals surface area contributed by atoms with Crippen molar-refractivity contribution < 1.29 is 9.53 Å². The molecule has 1 unspecified atom stereocenters. The van der Waals surface area contributed by atoms with Crippen LogP contribution in [0.5, 0.6) is 0 Å². The molecule has 1 aliphatic carbocycles. The molecule has 3 aliphatic heterocycles. The number of piperidine rings is 1. The van der Waals surface area contributed by atoms with Crippen molar-refractivity contribution in [1.82, 2.24) is 9.80 Å². The monoisotopic (exact) mass is 383 g/mol. The van der Waals surface area contributed by atoms with E-state index in [4.69, 9.17) is 4.74 Å². The third-order valence-electron chi connectivity index (χ3n) is 7.52. The minimum absolute atomic E-state index is 0.0329. The molecule has 5 nitrogen and oxygen atoms in total. The quantitative estimate of drug-likeness (QED) is 0.804.